The molecule has 0 unspecified atom stereocenters. The van der Waals surface area contributed by atoms with Gasteiger partial charge in [-0.3, -0.25) is 0 Å². The van der Waals surface area contributed by atoms with Crippen molar-refractivity contribution in [3.63, 3.8) is 0 Å². The Labute approximate surface area is 122 Å². The number of benzene rings is 1. The van der Waals surface area contributed by atoms with Crippen molar-refractivity contribution < 1.29 is 9.47 Å². The number of ether oxygens (including phenoxy) is 2. The zero-order valence-corrected chi connectivity index (χ0v) is 12.8. The molecule has 0 aliphatic carbocycles. The second-order valence-electron chi connectivity index (χ2n) is 5.61. The van der Waals surface area contributed by atoms with Crippen molar-refractivity contribution in [2.75, 3.05) is 26.9 Å². The Bertz CT molecular complexity index is 421. The van der Waals surface area contributed by atoms with Crippen LogP contribution >= 0.6 is 0 Å². The molecule has 1 heterocycles. The summed E-state index contributed by atoms with van der Waals surface area (Å²) in [6.07, 6.45) is 2.43. The molecule has 0 amide bonds. The van der Waals surface area contributed by atoms with Crippen LogP contribution in [0.4, 0.5) is 0 Å². The first-order chi connectivity index (χ1) is 9.68. The number of rotatable bonds is 8. The molecular formula is C16H26N2O2. The van der Waals surface area contributed by atoms with Gasteiger partial charge >= 0.3 is 0 Å². The Kier molecular flexibility index (Phi) is 5.68. The molecule has 1 N–H and O–H groups in total. The molecule has 1 aromatic carbocycles. The lowest BCUT2D eigenvalue weighted by atomic mass is 10.2. The van der Waals surface area contributed by atoms with Crippen molar-refractivity contribution >= 4 is 0 Å². The number of hydrogen-bond acceptors (Lipinski definition) is 4. The zero-order chi connectivity index (χ0) is 14.4. The van der Waals surface area contributed by atoms with Gasteiger partial charge in [-0.2, -0.15) is 0 Å². The normalized spacial score (nSPS) is 13.4. The molecule has 1 aliphatic heterocycles. The number of hydrogen-bond donors (Lipinski definition) is 1. The molecule has 20 heavy (non-hydrogen) atoms. The van der Waals surface area contributed by atoms with E-state index in [4.69, 9.17) is 9.47 Å². The Morgan fingerprint density at radius 2 is 2.10 bits per heavy atom. The number of para-hydroxylation sites is 1. The van der Waals surface area contributed by atoms with Gasteiger partial charge < -0.3 is 19.7 Å². The van der Waals surface area contributed by atoms with E-state index in [0.717, 1.165) is 31.1 Å². The van der Waals surface area contributed by atoms with Crippen LogP contribution in [0.1, 0.15) is 32.3 Å². The summed E-state index contributed by atoms with van der Waals surface area (Å²) in [6.45, 7) is 7.85. The van der Waals surface area contributed by atoms with Crippen LogP contribution in [0.15, 0.2) is 18.2 Å². The van der Waals surface area contributed by atoms with Crippen LogP contribution in [0, 0.1) is 0 Å². The van der Waals surface area contributed by atoms with Crippen LogP contribution in [0.5, 0.6) is 11.5 Å². The van der Waals surface area contributed by atoms with Gasteiger partial charge in [0.15, 0.2) is 11.5 Å². The van der Waals surface area contributed by atoms with Gasteiger partial charge in [-0.15, -0.1) is 0 Å². The van der Waals surface area contributed by atoms with Gasteiger partial charge in [-0.05, 0) is 52.9 Å². The summed E-state index contributed by atoms with van der Waals surface area (Å²) in [5.74, 6) is 1.77. The van der Waals surface area contributed by atoms with E-state index in [0.29, 0.717) is 12.8 Å². The topological polar surface area (TPSA) is 33.7 Å². The van der Waals surface area contributed by atoms with Gasteiger partial charge in [0, 0.05) is 18.2 Å². The van der Waals surface area contributed by atoms with Crippen LogP contribution in [-0.4, -0.2) is 37.9 Å². The van der Waals surface area contributed by atoms with E-state index in [9.17, 15) is 0 Å². The lowest BCUT2D eigenvalue weighted by Gasteiger charge is -2.20. The van der Waals surface area contributed by atoms with Gasteiger partial charge in [0.1, 0.15) is 0 Å². The Morgan fingerprint density at radius 3 is 2.90 bits per heavy atom. The van der Waals surface area contributed by atoms with Crippen molar-refractivity contribution in [1.29, 1.82) is 0 Å². The van der Waals surface area contributed by atoms with Crippen molar-refractivity contribution in [3.8, 4) is 11.5 Å². The minimum Gasteiger partial charge on any atom is -0.454 e. The Morgan fingerprint density at radius 1 is 1.25 bits per heavy atom. The van der Waals surface area contributed by atoms with Gasteiger partial charge in [0.05, 0.1) is 0 Å². The first kappa shape index (κ1) is 15.1. The maximum absolute atomic E-state index is 5.50. The van der Waals surface area contributed by atoms with Crippen LogP contribution in [0.3, 0.4) is 0 Å². The van der Waals surface area contributed by atoms with Gasteiger partial charge in [0.2, 0.25) is 6.79 Å². The predicted molar refractivity (Wildman–Crippen MR) is 81.3 cm³/mol. The summed E-state index contributed by atoms with van der Waals surface area (Å²) >= 11 is 0. The van der Waals surface area contributed by atoms with Crippen molar-refractivity contribution in [3.05, 3.63) is 23.8 Å². The molecule has 4 nitrogen and oxygen atoms in total. The fourth-order valence-electron chi connectivity index (χ4n) is 2.22. The summed E-state index contributed by atoms with van der Waals surface area (Å²) < 4.78 is 10.9. The van der Waals surface area contributed by atoms with E-state index in [1.807, 2.05) is 12.1 Å². The van der Waals surface area contributed by atoms with E-state index >= 15 is 0 Å². The molecule has 2 rings (SSSR count). The van der Waals surface area contributed by atoms with Crippen molar-refractivity contribution in [2.24, 2.45) is 0 Å². The molecule has 0 bridgehead atoms. The monoisotopic (exact) mass is 278 g/mol. The average molecular weight is 278 g/mol. The number of nitrogens with zero attached hydrogens (tertiary/aromatic N) is 1. The molecule has 0 aromatic heterocycles. The van der Waals surface area contributed by atoms with E-state index in [1.165, 1.54) is 18.4 Å². The third kappa shape index (κ3) is 4.12. The third-order valence-corrected chi connectivity index (χ3v) is 3.79. The maximum Gasteiger partial charge on any atom is 0.231 e. The largest absolute Gasteiger partial charge is 0.454 e. The van der Waals surface area contributed by atoms with Crippen LogP contribution in [0.25, 0.3) is 0 Å². The highest BCUT2D eigenvalue weighted by Gasteiger charge is 2.16. The number of unbranched alkanes of at least 4 members (excludes halogenated alkanes) is 1. The molecule has 0 spiro atoms. The van der Waals surface area contributed by atoms with E-state index in [-0.39, 0.29) is 0 Å². The molecule has 4 heteroatoms. The van der Waals surface area contributed by atoms with Gasteiger partial charge in [-0.25, -0.2) is 0 Å². The summed E-state index contributed by atoms with van der Waals surface area (Å²) in [4.78, 5) is 2.38. The van der Waals surface area contributed by atoms with Crippen LogP contribution in [0.2, 0.25) is 0 Å². The molecular weight excluding hydrogens is 252 g/mol. The smallest absolute Gasteiger partial charge is 0.231 e. The molecule has 1 aliphatic rings. The maximum atomic E-state index is 5.50. The highest BCUT2D eigenvalue weighted by atomic mass is 16.7. The van der Waals surface area contributed by atoms with E-state index < -0.39 is 0 Å². The molecule has 0 saturated heterocycles. The van der Waals surface area contributed by atoms with Crippen molar-refractivity contribution in [1.82, 2.24) is 10.2 Å². The molecule has 1 aromatic rings. The first-order valence-corrected chi connectivity index (χ1v) is 7.47. The summed E-state index contributed by atoms with van der Waals surface area (Å²) in [5, 5.41) is 3.48. The first-order valence-electron chi connectivity index (χ1n) is 7.47. The van der Waals surface area contributed by atoms with Crippen molar-refractivity contribution in [2.45, 2.75) is 39.3 Å². The molecule has 0 atom stereocenters. The standard InChI is InChI=1S/C16H26N2O2/c1-13(2)18(3)10-5-4-9-17-11-14-7-6-8-15-16(14)20-12-19-15/h6-8,13,17H,4-5,9-12H2,1-3H3. The fourth-order valence-corrected chi connectivity index (χ4v) is 2.22. The lowest BCUT2D eigenvalue weighted by molar-refractivity contribution is 0.173. The lowest BCUT2D eigenvalue weighted by Crippen LogP contribution is -2.27. The quantitative estimate of drug-likeness (QED) is 0.741. The highest BCUT2D eigenvalue weighted by molar-refractivity contribution is 5.48. The van der Waals surface area contributed by atoms with Crippen LogP contribution < -0.4 is 14.8 Å². The van der Waals surface area contributed by atoms with E-state index in [1.54, 1.807) is 0 Å². The third-order valence-electron chi connectivity index (χ3n) is 3.79. The summed E-state index contributed by atoms with van der Waals surface area (Å²) in [6, 6.07) is 6.69. The number of nitrogens with one attached hydrogen (secondary N) is 1. The average Bonchev–Trinajstić information content (AvgIpc) is 2.91. The van der Waals surface area contributed by atoms with E-state index in [2.05, 4.69) is 37.2 Å². The summed E-state index contributed by atoms with van der Waals surface area (Å²) in [7, 11) is 2.18. The molecule has 112 valence electrons. The summed E-state index contributed by atoms with van der Waals surface area (Å²) in [5.41, 5.74) is 1.18. The zero-order valence-electron chi connectivity index (χ0n) is 12.8. The molecule has 0 saturated carbocycles. The second-order valence-corrected chi connectivity index (χ2v) is 5.61. The second kappa shape index (κ2) is 7.50. The van der Waals surface area contributed by atoms with Gasteiger partial charge in [0.25, 0.3) is 0 Å². The molecule has 0 fully saturated rings. The Hall–Kier alpha value is -1.26. The minimum absolute atomic E-state index is 0.341. The molecule has 0 radical (unpaired) electrons. The Balaban J connectivity index is 1.63. The number of fused-ring (bicyclic) bond motifs is 1. The predicted octanol–water partition coefficient (Wildman–Crippen LogP) is 2.63. The van der Waals surface area contributed by atoms with Gasteiger partial charge in [-0.1, -0.05) is 12.1 Å². The SMILES string of the molecule is CC(C)N(C)CCCCNCc1cccc2c1OCO2. The highest BCUT2D eigenvalue weighted by Crippen LogP contribution is 2.35. The minimum atomic E-state index is 0.341. The fraction of sp³-hybridized carbons (Fsp3) is 0.625. The van der Waals surface area contributed by atoms with Crippen LogP contribution in [-0.2, 0) is 6.54 Å².